The van der Waals surface area contributed by atoms with Crippen LogP contribution in [0.5, 0.6) is 11.5 Å². The molecule has 3 aromatic rings. The van der Waals surface area contributed by atoms with Gasteiger partial charge in [0.25, 0.3) is 0 Å². The maximum absolute atomic E-state index is 13.8. The van der Waals surface area contributed by atoms with Gasteiger partial charge in [-0.1, -0.05) is 99.7 Å². The zero-order chi connectivity index (χ0) is 28.2. The van der Waals surface area contributed by atoms with E-state index in [1.54, 1.807) is 0 Å². The molecule has 0 N–H and O–H groups in total. The number of fused-ring (bicyclic) bond motifs is 4. The monoisotopic (exact) mass is 552 g/mol. The summed E-state index contributed by atoms with van der Waals surface area (Å²) < 4.78 is 13.5. The number of nitrogens with zero attached hydrogens (tertiary/aromatic N) is 1. The Labute approximate surface area is 246 Å². The summed E-state index contributed by atoms with van der Waals surface area (Å²) in [5.74, 6) is 0.916. The van der Waals surface area contributed by atoms with E-state index in [4.69, 9.17) is 9.47 Å². The van der Waals surface area contributed by atoms with Crippen LogP contribution in [0.3, 0.4) is 0 Å². The second-order valence-electron chi connectivity index (χ2n) is 12.9. The highest BCUT2D eigenvalue weighted by Gasteiger charge is 2.52. The van der Waals surface area contributed by atoms with Crippen LogP contribution in [-0.2, 0) is 22.5 Å². The SMILES string of the molecule is CCCCCCCCc1ccc(C[N+]2(C)[C@@H]3CC[C@H]2CC(OC(=O)C2c4ccccc4Oc4ccccc42)C3)cc1. The maximum atomic E-state index is 13.8. The van der Waals surface area contributed by atoms with Crippen LogP contribution >= 0.6 is 0 Å². The summed E-state index contributed by atoms with van der Waals surface area (Å²) >= 11 is 0. The molecule has 0 saturated carbocycles. The summed E-state index contributed by atoms with van der Waals surface area (Å²) in [6.45, 7) is 3.34. The molecule has 216 valence electrons. The fourth-order valence-corrected chi connectivity index (χ4v) is 7.76. The van der Waals surface area contributed by atoms with E-state index >= 15 is 0 Å². The number of carbonyl (C=O) groups is 1. The van der Waals surface area contributed by atoms with Crippen LogP contribution in [0.1, 0.15) is 99.3 Å². The molecule has 6 rings (SSSR count). The molecule has 2 unspecified atom stereocenters. The summed E-state index contributed by atoms with van der Waals surface area (Å²) in [5, 5.41) is 0. The fraction of sp³-hybridized carbons (Fsp3) is 0.486. The molecule has 0 spiro atoms. The lowest BCUT2D eigenvalue weighted by atomic mass is 9.88. The van der Waals surface area contributed by atoms with Crippen molar-refractivity contribution < 1.29 is 18.8 Å². The first-order valence-corrected chi connectivity index (χ1v) is 16.0. The first kappa shape index (κ1) is 28.0. The maximum Gasteiger partial charge on any atom is 0.318 e. The van der Waals surface area contributed by atoms with Crippen molar-refractivity contribution in [2.45, 2.75) is 108 Å². The number of unbranched alkanes of at least 4 members (excludes halogenated alkanes) is 5. The molecule has 41 heavy (non-hydrogen) atoms. The number of quaternary nitrogens is 1. The Kier molecular flexibility index (Phi) is 8.48. The van der Waals surface area contributed by atoms with E-state index in [9.17, 15) is 4.79 Å². The second kappa shape index (κ2) is 12.4. The van der Waals surface area contributed by atoms with Gasteiger partial charge in [-0.2, -0.15) is 0 Å². The second-order valence-corrected chi connectivity index (χ2v) is 12.9. The van der Waals surface area contributed by atoms with E-state index in [2.05, 4.69) is 38.2 Å². The summed E-state index contributed by atoms with van der Waals surface area (Å²) in [7, 11) is 2.44. The predicted octanol–water partition coefficient (Wildman–Crippen LogP) is 8.71. The average molecular weight is 553 g/mol. The van der Waals surface area contributed by atoms with Crippen molar-refractivity contribution in [3.05, 3.63) is 95.1 Å². The van der Waals surface area contributed by atoms with Crippen molar-refractivity contribution in [3.63, 3.8) is 0 Å². The van der Waals surface area contributed by atoms with Gasteiger partial charge in [-0.15, -0.1) is 0 Å². The van der Waals surface area contributed by atoms with Gasteiger partial charge in [0.15, 0.2) is 0 Å². The Morgan fingerprint density at radius 2 is 1.34 bits per heavy atom. The lowest BCUT2D eigenvalue weighted by Gasteiger charge is -2.47. The molecule has 4 atom stereocenters. The Balaban J connectivity index is 1.07. The Hall–Kier alpha value is -3.11. The van der Waals surface area contributed by atoms with Crippen molar-refractivity contribution in [1.82, 2.24) is 0 Å². The molecule has 0 aliphatic carbocycles. The van der Waals surface area contributed by atoms with Gasteiger partial charge in [-0.25, -0.2) is 0 Å². The van der Waals surface area contributed by atoms with Crippen LogP contribution in [0.25, 0.3) is 0 Å². The van der Waals surface area contributed by atoms with E-state index in [-0.39, 0.29) is 12.1 Å². The number of ether oxygens (including phenoxy) is 2. The van der Waals surface area contributed by atoms with Gasteiger partial charge < -0.3 is 14.0 Å². The molecule has 2 fully saturated rings. The molecule has 4 nitrogen and oxygen atoms in total. The molecule has 4 heteroatoms. The van der Waals surface area contributed by atoms with Crippen LogP contribution in [0.2, 0.25) is 0 Å². The van der Waals surface area contributed by atoms with Crippen LogP contribution in [0, 0.1) is 0 Å². The molecule has 0 amide bonds. The number of para-hydroxylation sites is 2. The van der Waals surface area contributed by atoms with E-state index < -0.39 is 5.92 Å². The Morgan fingerprint density at radius 1 is 0.780 bits per heavy atom. The third-order valence-corrected chi connectivity index (χ3v) is 10.1. The van der Waals surface area contributed by atoms with E-state index in [1.807, 2.05) is 48.5 Å². The molecule has 0 radical (unpaired) electrons. The number of benzene rings is 3. The first-order chi connectivity index (χ1) is 20.0. The number of piperidine rings is 1. The summed E-state index contributed by atoms with van der Waals surface area (Å²) in [6, 6.07) is 26.2. The third-order valence-electron chi connectivity index (χ3n) is 10.1. The fourth-order valence-electron chi connectivity index (χ4n) is 7.76. The van der Waals surface area contributed by atoms with Crippen molar-refractivity contribution in [3.8, 4) is 11.5 Å². The number of aryl methyl sites for hydroxylation is 1. The lowest BCUT2D eigenvalue weighted by Crippen LogP contribution is -2.58. The summed E-state index contributed by atoms with van der Waals surface area (Å²) in [5.41, 5.74) is 4.70. The Morgan fingerprint density at radius 3 is 1.98 bits per heavy atom. The zero-order valence-corrected chi connectivity index (χ0v) is 24.9. The minimum absolute atomic E-state index is 0.0203. The summed E-state index contributed by atoms with van der Waals surface area (Å²) in [4.78, 5) is 13.8. The lowest BCUT2D eigenvalue weighted by molar-refractivity contribution is -0.961. The van der Waals surface area contributed by atoms with Gasteiger partial charge in [-0.3, -0.25) is 4.79 Å². The molecule has 3 heterocycles. The molecule has 2 bridgehead atoms. The number of hydrogen-bond donors (Lipinski definition) is 0. The van der Waals surface area contributed by atoms with E-state index in [0.717, 1.165) is 46.5 Å². The molecule has 3 aliphatic heterocycles. The van der Waals surface area contributed by atoms with Gasteiger partial charge >= 0.3 is 5.97 Å². The zero-order valence-electron chi connectivity index (χ0n) is 24.9. The smallest absolute Gasteiger partial charge is 0.318 e. The number of hydrogen-bond acceptors (Lipinski definition) is 3. The van der Waals surface area contributed by atoms with Crippen LogP contribution < -0.4 is 4.74 Å². The van der Waals surface area contributed by atoms with E-state index in [1.165, 1.54) is 68.9 Å². The minimum Gasteiger partial charge on any atom is -0.461 e. The van der Waals surface area contributed by atoms with Crippen LogP contribution in [-0.4, -0.2) is 35.7 Å². The standard InChI is InChI=1S/C37H46NO3/c1-3-4-5-6-7-8-13-27-18-20-28(21-19-27)26-38(2)29-22-23-30(38)25-31(24-29)40-37(39)36-32-14-9-11-16-34(32)41-35-17-12-10-15-33(35)36/h9-12,14-21,29-31,36H,3-8,13,22-26H2,1-2H3/q+1/t29-,30+,31?,38?. The van der Waals surface area contributed by atoms with Crippen molar-refractivity contribution in [2.75, 3.05) is 7.05 Å². The number of rotatable bonds is 11. The van der Waals surface area contributed by atoms with Gasteiger partial charge in [0.1, 0.15) is 30.1 Å². The predicted molar refractivity (Wildman–Crippen MR) is 164 cm³/mol. The molecule has 0 aromatic heterocycles. The third kappa shape index (κ3) is 5.95. The molecular formula is C37H46NO3+. The van der Waals surface area contributed by atoms with Crippen LogP contribution in [0.4, 0.5) is 0 Å². The quantitative estimate of drug-likeness (QED) is 0.136. The minimum atomic E-state index is -0.438. The number of esters is 1. The van der Waals surface area contributed by atoms with Gasteiger partial charge in [0.05, 0.1) is 19.1 Å². The molecule has 2 saturated heterocycles. The van der Waals surface area contributed by atoms with Crippen molar-refractivity contribution >= 4 is 5.97 Å². The van der Waals surface area contributed by atoms with E-state index in [0.29, 0.717) is 12.1 Å². The highest BCUT2D eigenvalue weighted by atomic mass is 16.5. The Bertz CT molecular complexity index is 1270. The highest BCUT2D eigenvalue weighted by Crippen LogP contribution is 2.47. The highest BCUT2D eigenvalue weighted by molar-refractivity contribution is 5.85. The van der Waals surface area contributed by atoms with Crippen molar-refractivity contribution in [1.29, 1.82) is 0 Å². The van der Waals surface area contributed by atoms with Crippen molar-refractivity contribution in [2.24, 2.45) is 0 Å². The average Bonchev–Trinajstić information content (AvgIpc) is 3.13. The molecular weight excluding hydrogens is 506 g/mol. The topological polar surface area (TPSA) is 35.5 Å². The number of carbonyl (C=O) groups excluding carboxylic acids is 1. The van der Waals surface area contributed by atoms with Gasteiger partial charge in [0, 0.05) is 42.4 Å². The largest absolute Gasteiger partial charge is 0.461 e. The van der Waals surface area contributed by atoms with Crippen LogP contribution in [0.15, 0.2) is 72.8 Å². The first-order valence-electron chi connectivity index (χ1n) is 16.0. The molecule has 3 aliphatic rings. The van der Waals surface area contributed by atoms with Gasteiger partial charge in [-0.05, 0) is 30.5 Å². The summed E-state index contributed by atoms with van der Waals surface area (Å²) in [6.07, 6.45) is 13.6. The molecule has 3 aromatic carbocycles. The normalized spacial score (nSPS) is 24.8. The van der Waals surface area contributed by atoms with Gasteiger partial charge in [0.2, 0.25) is 0 Å².